The first kappa shape index (κ1) is 23.7. The summed E-state index contributed by atoms with van der Waals surface area (Å²) in [6.07, 6.45) is 0.440. The van der Waals surface area contributed by atoms with E-state index in [9.17, 15) is 4.79 Å². The number of para-hydroxylation sites is 2. The molecule has 0 fully saturated rings. The zero-order valence-corrected chi connectivity index (χ0v) is 16.8. The summed E-state index contributed by atoms with van der Waals surface area (Å²) in [7, 11) is 1.84. The molecular formula is C17H29Cl2N5O. The van der Waals surface area contributed by atoms with E-state index < -0.39 is 0 Å². The Kier molecular flexibility index (Phi) is 11.4. The minimum Gasteiger partial charge on any atom is -0.319 e. The van der Waals surface area contributed by atoms with Gasteiger partial charge in [-0.25, -0.2) is 4.98 Å². The van der Waals surface area contributed by atoms with E-state index in [1.807, 2.05) is 31.3 Å². The summed E-state index contributed by atoms with van der Waals surface area (Å²) in [5.74, 6) is 0.623. The number of carbonyl (C=O) groups is 1. The number of amides is 1. The van der Waals surface area contributed by atoms with Gasteiger partial charge >= 0.3 is 0 Å². The Morgan fingerprint density at radius 3 is 2.52 bits per heavy atom. The monoisotopic (exact) mass is 389 g/mol. The highest BCUT2D eigenvalue weighted by Crippen LogP contribution is 2.19. The highest BCUT2D eigenvalue weighted by atomic mass is 35.5. The minimum absolute atomic E-state index is 0. The van der Waals surface area contributed by atoms with Crippen molar-refractivity contribution in [2.45, 2.75) is 26.8 Å². The number of halogens is 2. The normalized spacial score (nSPS) is 10.4. The van der Waals surface area contributed by atoms with Gasteiger partial charge in [0, 0.05) is 26.1 Å². The number of anilines is 1. The van der Waals surface area contributed by atoms with Gasteiger partial charge in [0.1, 0.15) is 0 Å². The van der Waals surface area contributed by atoms with Gasteiger partial charge in [0.15, 0.2) is 0 Å². The summed E-state index contributed by atoms with van der Waals surface area (Å²) in [4.78, 5) is 19.0. The van der Waals surface area contributed by atoms with Crippen molar-refractivity contribution < 1.29 is 4.79 Å². The fraction of sp³-hybridized carbons (Fsp3) is 0.529. The van der Waals surface area contributed by atoms with Crippen molar-refractivity contribution in [1.82, 2.24) is 19.8 Å². The lowest BCUT2D eigenvalue weighted by Gasteiger charge is -2.19. The Morgan fingerprint density at radius 2 is 1.88 bits per heavy atom. The molecule has 1 amide bonds. The molecule has 0 bridgehead atoms. The molecule has 1 aromatic carbocycles. The average Bonchev–Trinajstić information content (AvgIpc) is 2.91. The van der Waals surface area contributed by atoms with Crippen LogP contribution in [0.3, 0.4) is 0 Å². The molecule has 0 radical (unpaired) electrons. The van der Waals surface area contributed by atoms with Crippen LogP contribution in [0, 0.1) is 0 Å². The molecule has 0 aliphatic heterocycles. The zero-order chi connectivity index (χ0) is 16.7. The number of nitrogens with zero attached hydrogens (tertiary/aromatic N) is 3. The lowest BCUT2D eigenvalue weighted by atomic mass is 10.3. The molecule has 2 rings (SSSR count). The second-order valence-corrected chi connectivity index (χ2v) is 5.50. The molecule has 0 aliphatic rings. The lowest BCUT2D eigenvalue weighted by Crippen LogP contribution is -2.28. The average molecular weight is 390 g/mol. The van der Waals surface area contributed by atoms with Crippen molar-refractivity contribution in [3.63, 3.8) is 0 Å². The van der Waals surface area contributed by atoms with Gasteiger partial charge in [-0.3, -0.25) is 10.1 Å². The van der Waals surface area contributed by atoms with E-state index in [0.717, 1.165) is 37.2 Å². The molecule has 2 N–H and O–H groups in total. The second kappa shape index (κ2) is 12.1. The van der Waals surface area contributed by atoms with Crippen LogP contribution in [0.25, 0.3) is 11.0 Å². The molecule has 0 spiro atoms. The summed E-state index contributed by atoms with van der Waals surface area (Å²) >= 11 is 0. The quantitative estimate of drug-likeness (QED) is 0.691. The molecule has 2 aromatic rings. The van der Waals surface area contributed by atoms with Crippen molar-refractivity contribution in [3.8, 4) is 0 Å². The van der Waals surface area contributed by atoms with Crippen LogP contribution in [0.1, 0.15) is 20.3 Å². The van der Waals surface area contributed by atoms with Crippen molar-refractivity contribution in [2.24, 2.45) is 0 Å². The Hall–Kier alpha value is -1.34. The van der Waals surface area contributed by atoms with Crippen molar-refractivity contribution in [1.29, 1.82) is 0 Å². The Morgan fingerprint density at radius 1 is 1.20 bits per heavy atom. The van der Waals surface area contributed by atoms with Crippen molar-refractivity contribution >= 4 is 47.7 Å². The van der Waals surface area contributed by atoms with Crippen molar-refractivity contribution in [3.05, 3.63) is 24.3 Å². The Labute approximate surface area is 162 Å². The van der Waals surface area contributed by atoms with Gasteiger partial charge in [-0.1, -0.05) is 26.0 Å². The second-order valence-electron chi connectivity index (χ2n) is 5.50. The van der Waals surface area contributed by atoms with Gasteiger partial charge < -0.3 is 14.8 Å². The molecule has 0 atom stereocenters. The van der Waals surface area contributed by atoms with Crippen LogP contribution in [-0.4, -0.2) is 53.6 Å². The summed E-state index contributed by atoms with van der Waals surface area (Å²) in [6.45, 7) is 8.77. The van der Waals surface area contributed by atoms with Crippen LogP contribution in [0.2, 0.25) is 0 Å². The molecule has 0 unspecified atom stereocenters. The first-order chi connectivity index (χ1) is 11.2. The van der Waals surface area contributed by atoms with Crippen LogP contribution in [-0.2, 0) is 11.3 Å². The van der Waals surface area contributed by atoms with Gasteiger partial charge in [-0.05, 0) is 32.3 Å². The van der Waals surface area contributed by atoms with Crippen molar-refractivity contribution in [2.75, 3.05) is 38.5 Å². The molecular weight excluding hydrogens is 361 g/mol. The molecule has 0 saturated heterocycles. The Bertz CT molecular complexity index is 643. The molecule has 25 heavy (non-hydrogen) atoms. The smallest absolute Gasteiger partial charge is 0.227 e. The predicted molar refractivity (Wildman–Crippen MR) is 109 cm³/mol. The molecule has 142 valence electrons. The molecule has 0 aliphatic carbocycles. The maximum atomic E-state index is 12.0. The first-order valence-corrected chi connectivity index (χ1v) is 8.31. The number of fused-ring (bicyclic) bond motifs is 1. The minimum atomic E-state index is -0.0151. The number of imidazole rings is 1. The maximum Gasteiger partial charge on any atom is 0.227 e. The summed E-state index contributed by atoms with van der Waals surface area (Å²) < 4.78 is 2.10. The van der Waals surface area contributed by atoms with E-state index >= 15 is 0 Å². The fourth-order valence-corrected chi connectivity index (χ4v) is 2.60. The first-order valence-electron chi connectivity index (χ1n) is 8.31. The van der Waals surface area contributed by atoms with Gasteiger partial charge in [0.05, 0.1) is 11.0 Å². The van der Waals surface area contributed by atoms with E-state index in [-0.39, 0.29) is 30.7 Å². The van der Waals surface area contributed by atoms with E-state index in [1.54, 1.807) is 0 Å². The molecule has 0 saturated carbocycles. The van der Waals surface area contributed by atoms with Gasteiger partial charge in [0.2, 0.25) is 11.9 Å². The number of benzene rings is 1. The standard InChI is InChI=1S/C17H27N5O.2ClH/c1-4-21(5-2)12-13-22-15-9-7-6-8-14(15)19-17(22)20-16(23)10-11-18-3;;/h6-9,18H,4-5,10-13H2,1-3H3,(H,19,20,23);2*1H. The summed E-state index contributed by atoms with van der Waals surface area (Å²) in [5, 5.41) is 5.94. The van der Waals surface area contributed by atoms with Crippen LogP contribution >= 0.6 is 24.8 Å². The number of hydrogen-bond acceptors (Lipinski definition) is 4. The predicted octanol–water partition coefficient (Wildman–Crippen LogP) is 2.77. The number of aromatic nitrogens is 2. The fourth-order valence-electron chi connectivity index (χ4n) is 2.60. The lowest BCUT2D eigenvalue weighted by molar-refractivity contribution is -0.116. The van der Waals surface area contributed by atoms with E-state index in [0.29, 0.717) is 18.9 Å². The summed E-state index contributed by atoms with van der Waals surface area (Å²) in [5.41, 5.74) is 1.97. The number of likely N-dealkylation sites (N-methyl/N-ethyl adjacent to an activating group) is 1. The number of rotatable bonds is 9. The third-order valence-corrected chi connectivity index (χ3v) is 4.04. The highest BCUT2D eigenvalue weighted by Gasteiger charge is 2.13. The number of nitrogens with one attached hydrogen (secondary N) is 2. The van der Waals surface area contributed by atoms with Crippen LogP contribution in [0.5, 0.6) is 0 Å². The maximum absolute atomic E-state index is 12.0. The molecule has 1 aromatic heterocycles. The molecule has 1 heterocycles. The van der Waals surface area contributed by atoms with Gasteiger partial charge in [-0.15, -0.1) is 24.8 Å². The van der Waals surface area contributed by atoms with E-state index in [1.165, 1.54) is 0 Å². The molecule has 6 nitrogen and oxygen atoms in total. The van der Waals surface area contributed by atoms with Crippen LogP contribution in [0.4, 0.5) is 5.95 Å². The number of carbonyl (C=O) groups excluding carboxylic acids is 1. The van der Waals surface area contributed by atoms with Crippen LogP contribution in [0.15, 0.2) is 24.3 Å². The Balaban J connectivity index is 0.00000288. The SMILES string of the molecule is CCN(CC)CCn1c(NC(=O)CCNC)nc2ccccc21.Cl.Cl. The molecule has 8 heteroatoms. The van der Waals surface area contributed by atoms with Gasteiger partial charge in [0.25, 0.3) is 0 Å². The highest BCUT2D eigenvalue weighted by molar-refractivity contribution is 5.91. The van der Waals surface area contributed by atoms with Gasteiger partial charge in [-0.2, -0.15) is 0 Å². The van der Waals surface area contributed by atoms with E-state index in [4.69, 9.17) is 0 Å². The summed E-state index contributed by atoms with van der Waals surface area (Å²) in [6, 6.07) is 8.00. The zero-order valence-electron chi connectivity index (χ0n) is 15.1. The van der Waals surface area contributed by atoms with Crippen LogP contribution < -0.4 is 10.6 Å². The largest absolute Gasteiger partial charge is 0.319 e. The van der Waals surface area contributed by atoms with E-state index in [2.05, 4.69) is 38.9 Å². The third kappa shape index (κ3) is 6.47. The third-order valence-electron chi connectivity index (χ3n) is 4.04. The topological polar surface area (TPSA) is 62.2 Å². The number of hydrogen-bond donors (Lipinski definition) is 2.